The third-order valence-corrected chi connectivity index (χ3v) is 3.96. The molecule has 3 aromatic rings. The molecule has 0 spiro atoms. The zero-order chi connectivity index (χ0) is 17.4. The van der Waals surface area contributed by atoms with Gasteiger partial charge in [0.25, 0.3) is 5.91 Å². The fourth-order valence-corrected chi connectivity index (χ4v) is 2.74. The van der Waals surface area contributed by atoms with Crippen molar-refractivity contribution >= 4 is 23.0 Å². The number of rotatable bonds is 3. The highest BCUT2D eigenvalue weighted by Crippen LogP contribution is 2.30. The Hall–Kier alpha value is -3.35. The lowest BCUT2D eigenvalue weighted by Gasteiger charge is -2.06. The molecule has 0 atom stereocenters. The molecule has 7 heteroatoms. The molecule has 1 aliphatic heterocycles. The largest absolute Gasteiger partial charge is 0.319 e. The van der Waals surface area contributed by atoms with E-state index in [4.69, 9.17) is 0 Å². The molecule has 0 saturated heterocycles. The Labute approximate surface area is 141 Å². The highest BCUT2D eigenvalue weighted by atomic mass is 19.1. The van der Waals surface area contributed by atoms with E-state index in [1.165, 1.54) is 6.20 Å². The van der Waals surface area contributed by atoms with Crippen LogP contribution in [0.25, 0.3) is 0 Å². The smallest absolute Gasteiger partial charge is 0.258 e. The predicted molar refractivity (Wildman–Crippen MR) is 89.2 cm³/mol. The molecule has 0 saturated carbocycles. The molecule has 0 unspecified atom stereocenters. The predicted octanol–water partition coefficient (Wildman–Crippen LogP) is 3.62. The molecule has 1 amide bonds. The van der Waals surface area contributed by atoms with Crippen molar-refractivity contribution in [3.63, 3.8) is 0 Å². The Bertz CT molecular complexity index is 1010. The van der Waals surface area contributed by atoms with Crippen LogP contribution in [0.4, 0.5) is 20.2 Å². The van der Waals surface area contributed by atoms with Crippen molar-refractivity contribution in [2.75, 3.05) is 5.32 Å². The molecular weight excluding hydrogens is 326 g/mol. The van der Waals surface area contributed by atoms with E-state index in [0.717, 1.165) is 29.1 Å². The van der Waals surface area contributed by atoms with Crippen LogP contribution in [-0.4, -0.2) is 21.8 Å². The standard InChI is InChI=1S/C18H12F2N4O/c19-11-5-6-12(13(20)8-11)18(25)23-16-9-21-24-17(16)15-7-10-3-1-2-4-14(10)22-15/h1-6,8-9H,7H2,(H,21,24)(H,23,25). The van der Waals surface area contributed by atoms with Crippen LogP contribution in [0.5, 0.6) is 0 Å². The van der Waals surface area contributed by atoms with Gasteiger partial charge in [0.2, 0.25) is 0 Å². The summed E-state index contributed by atoms with van der Waals surface area (Å²) >= 11 is 0. The van der Waals surface area contributed by atoms with Gasteiger partial charge in [-0.15, -0.1) is 0 Å². The number of aliphatic imine (C=N–C) groups is 1. The molecule has 2 N–H and O–H groups in total. The second kappa shape index (κ2) is 5.94. The lowest BCUT2D eigenvalue weighted by Crippen LogP contribution is -2.16. The van der Waals surface area contributed by atoms with Crippen molar-refractivity contribution in [3.8, 4) is 0 Å². The van der Waals surface area contributed by atoms with Crippen molar-refractivity contribution in [2.45, 2.75) is 6.42 Å². The zero-order valence-electron chi connectivity index (χ0n) is 12.9. The number of hydrogen-bond acceptors (Lipinski definition) is 3. The number of fused-ring (bicyclic) bond motifs is 1. The number of amides is 1. The normalized spacial score (nSPS) is 12.6. The molecule has 2 aromatic carbocycles. The topological polar surface area (TPSA) is 70.1 Å². The average molecular weight is 338 g/mol. The van der Waals surface area contributed by atoms with Gasteiger partial charge in [-0.3, -0.25) is 14.9 Å². The minimum Gasteiger partial charge on any atom is -0.319 e. The summed E-state index contributed by atoms with van der Waals surface area (Å²) in [5.74, 6) is -2.35. The first kappa shape index (κ1) is 15.2. The molecule has 1 aliphatic rings. The molecule has 2 heterocycles. The van der Waals surface area contributed by atoms with E-state index in [1.807, 2.05) is 24.3 Å². The van der Waals surface area contributed by atoms with Crippen LogP contribution in [0, 0.1) is 11.6 Å². The van der Waals surface area contributed by atoms with E-state index in [9.17, 15) is 13.6 Å². The summed E-state index contributed by atoms with van der Waals surface area (Å²) in [5.41, 5.74) is 3.38. The summed E-state index contributed by atoms with van der Waals surface area (Å²) in [6.07, 6.45) is 2.03. The highest BCUT2D eigenvalue weighted by molar-refractivity contribution is 6.12. The van der Waals surface area contributed by atoms with Gasteiger partial charge in [-0.2, -0.15) is 5.10 Å². The van der Waals surface area contributed by atoms with Gasteiger partial charge in [0.1, 0.15) is 17.3 Å². The summed E-state index contributed by atoms with van der Waals surface area (Å²) in [6.45, 7) is 0. The molecule has 4 rings (SSSR count). The summed E-state index contributed by atoms with van der Waals surface area (Å²) in [5, 5.41) is 9.35. The summed E-state index contributed by atoms with van der Waals surface area (Å²) in [6, 6.07) is 10.5. The SMILES string of the molecule is O=C(Nc1cn[nH]c1C1=Nc2ccccc2C1)c1ccc(F)cc1F. The van der Waals surface area contributed by atoms with Gasteiger partial charge >= 0.3 is 0 Å². The monoisotopic (exact) mass is 338 g/mol. The number of nitrogens with zero attached hydrogens (tertiary/aromatic N) is 2. The van der Waals surface area contributed by atoms with Crippen molar-refractivity contribution in [1.29, 1.82) is 0 Å². The van der Waals surface area contributed by atoms with Crippen LogP contribution in [0.3, 0.4) is 0 Å². The van der Waals surface area contributed by atoms with E-state index in [0.29, 0.717) is 23.9 Å². The fraction of sp³-hybridized carbons (Fsp3) is 0.0556. The number of para-hydroxylation sites is 1. The van der Waals surface area contributed by atoms with Gasteiger partial charge in [-0.25, -0.2) is 8.78 Å². The molecule has 5 nitrogen and oxygen atoms in total. The van der Waals surface area contributed by atoms with Crippen LogP contribution in [0.1, 0.15) is 21.6 Å². The number of benzene rings is 2. The number of H-pyrrole nitrogens is 1. The second-order valence-electron chi connectivity index (χ2n) is 5.60. The van der Waals surface area contributed by atoms with Crippen LogP contribution < -0.4 is 5.32 Å². The van der Waals surface area contributed by atoms with Crippen LogP contribution in [0.2, 0.25) is 0 Å². The Balaban J connectivity index is 1.60. The van der Waals surface area contributed by atoms with Gasteiger partial charge in [0.15, 0.2) is 0 Å². The van der Waals surface area contributed by atoms with Crippen LogP contribution in [0.15, 0.2) is 53.7 Å². The number of aromatic amines is 1. The zero-order valence-corrected chi connectivity index (χ0v) is 12.9. The van der Waals surface area contributed by atoms with Crippen molar-refractivity contribution < 1.29 is 13.6 Å². The van der Waals surface area contributed by atoms with Crippen LogP contribution in [-0.2, 0) is 6.42 Å². The summed E-state index contributed by atoms with van der Waals surface area (Å²) in [4.78, 5) is 16.8. The molecule has 1 aromatic heterocycles. The number of aromatic nitrogens is 2. The number of carbonyl (C=O) groups is 1. The number of hydrogen-bond donors (Lipinski definition) is 2. The minimum atomic E-state index is -0.923. The number of anilines is 1. The number of halogens is 2. The summed E-state index contributed by atoms with van der Waals surface area (Å²) in [7, 11) is 0. The van der Waals surface area contributed by atoms with Gasteiger partial charge in [0, 0.05) is 12.5 Å². The number of carbonyl (C=O) groups excluding carboxylic acids is 1. The van der Waals surface area contributed by atoms with Crippen molar-refractivity contribution in [1.82, 2.24) is 10.2 Å². The molecule has 0 fully saturated rings. The maximum Gasteiger partial charge on any atom is 0.258 e. The third-order valence-electron chi connectivity index (χ3n) is 3.96. The van der Waals surface area contributed by atoms with E-state index in [2.05, 4.69) is 20.5 Å². The first-order valence-corrected chi connectivity index (χ1v) is 7.57. The fourth-order valence-electron chi connectivity index (χ4n) is 2.74. The van der Waals surface area contributed by atoms with Gasteiger partial charge in [-0.05, 0) is 23.8 Å². The maximum atomic E-state index is 13.8. The molecule has 0 bridgehead atoms. The Kier molecular flexibility index (Phi) is 3.61. The minimum absolute atomic E-state index is 0.245. The second-order valence-corrected chi connectivity index (χ2v) is 5.60. The Morgan fingerprint density at radius 3 is 2.80 bits per heavy atom. The van der Waals surface area contributed by atoms with Crippen molar-refractivity contribution in [2.24, 2.45) is 4.99 Å². The Morgan fingerprint density at radius 1 is 1.16 bits per heavy atom. The van der Waals surface area contributed by atoms with E-state index in [-0.39, 0.29) is 5.56 Å². The first-order chi connectivity index (χ1) is 12.1. The summed E-state index contributed by atoms with van der Waals surface area (Å²) < 4.78 is 26.7. The van der Waals surface area contributed by atoms with Crippen molar-refractivity contribution in [3.05, 3.63) is 77.1 Å². The maximum absolute atomic E-state index is 13.8. The highest BCUT2D eigenvalue weighted by Gasteiger charge is 2.21. The molecular formula is C18H12F2N4O. The lowest BCUT2D eigenvalue weighted by atomic mass is 10.1. The molecule has 25 heavy (non-hydrogen) atoms. The van der Waals surface area contributed by atoms with Crippen LogP contribution >= 0.6 is 0 Å². The number of nitrogens with one attached hydrogen (secondary N) is 2. The molecule has 124 valence electrons. The third kappa shape index (κ3) is 2.80. The quantitative estimate of drug-likeness (QED) is 0.766. The van der Waals surface area contributed by atoms with Gasteiger partial charge in [0.05, 0.1) is 28.8 Å². The van der Waals surface area contributed by atoms with Gasteiger partial charge < -0.3 is 5.32 Å². The first-order valence-electron chi connectivity index (χ1n) is 7.57. The van der Waals surface area contributed by atoms with E-state index < -0.39 is 17.5 Å². The molecule has 0 aliphatic carbocycles. The molecule has 0 radical (unpaired) electrons. The average Bonchev–Trinajstić information content (AvgIpc) is 3.20. The Morgan fingerprint density at radius 2 is 2.00 bits per heavy atom. The lowest BCUT2D eigenvalue weighted by molar-refractivity contribution is 0.102. The van der Waals surface area contributed by atoms with Gasteiger partial charge in [-0.1, -0.05) is 18.2 Å². The van der Waals surface area contributed by atoms with E-state index >= 15 is 0 Å². The van der Waals surface area contributed by atoms with E-state index in [1.54, 1.807) is 0 Å².